The molecule has 1 aliphatic heterocycles. The van der Waals surface area contributed by atoms with Crippen LogP contribution in [-0.2, 0) is 11.2 Å². The van der Waals surface area contributed by atoms with Crippen LogP contribution in [0, 0.1) is 6.92 Å². The fourth-order valence-corrected chi connectivity index (χ4v) is 3.00. The monoisotopic (exact) mass is 336 g/mol. The first-order valence-electron chi connectivity index (χ1n) is 7.88. The van der Waals surface area contributed by atoms with E-state index in [9.17, 15) is 9.90 Å². The van der Waals surface area contributed by atoms with E-state index in [0.717, 1.165) is 22.3 Å². The van der Waals surface area contributed by atoms with Crippen LogP contribution in [0.1, 0.15) is 11.3 Å². The van der Waals surface area contributed by atoms with Gasteiger partial charge in [0.05, 0.1) is 17.6 Å². The van der Waals surface area contributed by atoms with E-state index in [-0.39, 0.29) is 13.2 Å². The number of carboxylic acid groups (broad SMARTS) is 1. The number of aromatic nitrogens is 1. The Hall–Kier alpha value is -3.28. The first kappa shape index (κ1) is 15.3. The lowest BCUT2D eigenvalue weighted by Gasteiger charge is -2.16. The number of aryl methyl sites for hydroxylation is 1. The second-order valence-corrected chi connectivity index (χ2v) is 5.83. The second-order valence-electron chi connectivity index (χ2n) is 5.83. The van der Waals surface area contributed by atoms with Gasteiger partial charge < -0.3 is 19.9 Å². The van der Waals surface area contributed by atoms with Crippen molar-refractivity contribution < 1.29 is 19.4 Å². The number of para-hydroxylation sites is 1. The molecule has 25 heavy (non-hydrogen) atoms. The zero-order valence-electron chi connectivity index (χ0n) is 13.6. The Morgan fingerprint density at radius 2 is 2.00 bits per heavy atom. The summed E-state index contributed by atoms with van der Waals surface area (Å²) < 4.78 is 10.7. The number of benzene rings is 2. The average Bonchev–Trinajstić information content (AvgIpc) is 3.05. The molecular weight excluding hydrogens is 320 g/mol. The minimum atomic E-state index is -0.895. The van der Waals surface area contributed by atoms with Gasteiger partial charge in [0.15, 0.2) is 11.5 Å². The maximum absolute atomic E-state index is 11.3. The van der Waals surface area contributed by atoms with Crippen molar-refractivity contribution in [2.24, 2.45) is 0 Å². The number of anilines is 2. The largest absolute Gasteiger partial charge is 0.481 e. The summed E-state index contributed by atoms with van der Waals surface area (Å²) in [6, 6.07) is 13.2. The van der Waals surface area contributed by atoms with Gasteiger partial charge >= 0.3 is 5.97 Å². The van der Waals surface area contributed by atoms with Crippen molar-refractivity contribution in [3.8, 4) is 11.5 Å². The highest BCUT2D eigenvalue weighted by molar-refractivity contribution is 5.96. The molecule has 1 aromatic heterocycles. The SMILES string of the molecule is Cc1nc2ccccc2c(Nc2ccc3c(c2)OCO3)c1CC(=O)O. The van der Waals surface area contributed by atoms with E-state index in [4.69, 9.17) is 9.47 Å². The van der Waals surface area contributed by atoms with Crippen molar-refractivity contribution >= 4 is 28.2 Å². The Morgan fingerprint density at radius 3 is 2.84 bits per heavy atom. The van der Waals surface area contributed by atoms with Crippen LogP contribution < -0.4 is 14.8 Å². The van der Waals surface area contributed by atoms with Crippen molar-refractivity contribution in [1.29, 1.82) is 0 Å². The quantitative estimate of drug-likeness (QED) is 0.757. The van der Waals surface area contributed by atoms with E-state index in [2.05, 4.69) is 10.3 Å². The summed E-state index contributed by atoms with van der Waals surface area (Å²) in [5.41, 5.74) is 3.74. The fraction of sp³-hybridized carbons (Fsp3) is 0.158. The van der Waals surface area contributed by atoms with E-state index < -0.39 is 5.97 Å². The highest BCUT2D eigenvalue weighted by Crippen LogP contribution is 2.37. The number of aliphatic carboxylic acids is 1. The van der Waals surface area contributed by atoms with Gasteiger partial charge in [-0.25, -0.2) is 0 Å². The number of rotatable bonds is 4. The van der Waals surface area contributed by atoms with Gasteiger partial charge in [0.1, 0.15) is 0 Å². The zero-order chi connectivity index (χ0) is 17.4. The standard InChI is InChI=1S/C19H16N2O4/c1-11-14(9-18(22)23)19(13-4-2-3-5-15(13)20-11)21-12-6-7-16-17(8-12)25-10-24-16/h2-8H,9-10H2,1H3,(H,20,21)(H,22,23). The van der Waals surface area contributed by atoms with Gasteiger partial charge in [-0.2, -0.15) is 0 Å². The Morgan fingerprint density at radius 1 is 1.20 bits per heavy atom. The van der Waals surface area contributed by atoms with Gasteiger partial charge in [0, 0.05) is 28.4 Å². The number of carbonyl (C=O) groups is 1. The average molecular weight is 336 g/mol. The molecule has 0 bridgehead atoms. The normalized spacial score (nSPS) is 12.4. The minimum Gasteiger partial charge on any atom is -0.481 e. The Bertz CT molecular complexity index is 985. The summed E-state index contributed by atoms with van der Waals surface area (Å²) in [5, 5.41) is 13.5. The smallest absolute Gasteiger partial charge is 0.307 e. The number of carboxylic acids is 1. The van der Waals surface area contributed by atoms with E-state index in [0.29, 0.717) is 22.8 Å². The highest BCUT2D eigenvalue weighted by Gasteiger charge is 2.17. The predicted molar refractivity (Wildman–Crippen MR) is 93.7 cm³/mol. The maximum Gasteiger partial charge on any atom is 0.307 e. The van der Waals surface area contributed by atoms with Gasteiger partial charge in [0.25, 0.3) is 0 Å². The molecule has 2 heterocycles. The molecule has 2 aromatic carbocycles. The minimum absolute atomic E-state index is 0.101. The van der Waals surface area contributed by atoms with E-state index in [1.165, 1.54) is 0 Å². The van der Waals surface area contributed by atoms with E-state index >= 15 is 0 Å². The molecule has 0 unspecified atom stereocenters. The lowest BCUT2D eigenvalue weighted by atomic mass is 10.0. The van der Waals surface area contributed by atoms with Crippen LogP contribution in [0.3, 0.4) is 0 Å². The first-order chi connectivity index (χ1) is 12.1. The molecule has 0 amide bonds. The Labute approximate surface area is 144 Å². The predicted octanol–water partition coefficient (Wildman–Crippen LogP) is 3.64. The van der Waals surface area contributed by atoms with Crippen LogP contribution in [0.5, 0.6) is 11.5 Å². The van der Waals surface area contributed by atoms with Crippen LogP contribution in [-0.4, -0.2) is 22.9 Å². The Kier molecular flexibility index (Phi) is 3.65. The number of fused-ring (bicyclic) bond motifs is 2. The molecule has 0 spiro atoms. The molecule has 1 aliphatic rings. The summed E-state index contributed by atoms with van der Waals surface area (Å²) in [6.07, 6.45) is -0.101. The Balaban J connectivity index is 1.85. The molecule has 6 nitrogen and oxygen atoms in total. The van der Waals surface area contributed by atoms with Gasteiger partial charge in [0.2, 0.25) is 6.79 Å². The molecule has 0 saturated carbocycles. The number of nitrogens with one attached hydrogen (secondary N) is 1. The van der Waals surface area contributed by atoms with Gasteiger partial charge in [-0.3, -0.25) is 9.78 Å². The molecule has 6 heteroatoms. The van der Waals surface area contributed by atoms with Crippen LogP contribution in [0.2, 0.25) is 0 Å². The number of ether oxygens (including phenoxy) is 2. The fourth-order valence-electron chi connectivity index (χ4n) is 3.00. The lowest BCUT2D eigenvalue weighted by Crippen LogP contribution is -2.08. The third kappa shape index (κ3) is 2.82. The number of pyridine rings is 1. The third-order valence-corrected chi connectivity index (χ3v) is 4.17. The van der Waals surface area contributed by atoms with Crippen molar-refractivity contribution in [3.05, 3.63) is 53.7 Å². The van der Waals surface area contributed by atoms with Crippen LogP contribution in [0.25, 0.3) is 10.9 Å². The molecule has 0 radical (unpaired) electrons. The van der Waals surface area contributed by atoms with E-state index in [1.54, 1.807) is 0 Å². The number of hydrogen-bond donors (Lipinski definition) is 2. The van der Waals surface area contributed by atoms with Gasteiger partial charge in [-0.15, -0.1) is 0 Å². The molecular formula is C19H16N2O4. The van der Waals surface area contributed by atoms with Crippen molar-refractivity contribution in [3.63, 3.8) is 0 Å². The molecule has 4 rings (SSSR count). The highest BCUT2D eigenvalue weighted by atomic mass is 16.7. The van der Waals surface area contributed by atoms with Crippen LogP contribution in [0.15, 0.2) is 42.5 Å². The molecule has 0 fully saturated rings. The number of nitrogens with zero attached hydrogens (tertiary/aromatic N) is 1. The summed E-state index contributed by atoms with van der Waals surface area (Å²) in [7, 11) is 0. The number of hydrogen-bond acceptors (Lipinski definition) is 5. The summed E-state index contributed by atoms with van der Waals surface area (Å²) in [5.74, 6) is 0.473. The van der Waals surface area contributed by atoms with Crippen molar-refractivity contribution in [2.75, 3.05) is 12.1 Å². The van der Waals surface area contributed by atoms with Crippen molar-refractivity contribution in [2.45, 2.75) is 13.3 Å². The first-order valence-corrected chi connectivity index (χ1v) is 7.88. The van der Waals surface area contributed by atoms with E-state index in [1.807, 2.05) is 49.4 Å². The van der Waals surface area contributed by atoms with Crippen LogP contribution in [0.4, 0.5) is 11.4 Å². The van der Waals surface area contributed by atoms with Crippen molar-refractivity contribution in [1.82, 2.24) is 4.98 Å². The van der Waals surface area contributed by atoms with Gasteiger partial charge in [-0.05, 0) is 25.1 Å². The topological polar surface area (TPSA) is 80.7 Å². The van der Waals surface area contributed by atoms with Gasteiger partial charge in [-0.1, -0.05) is 18.2 Å². The maximum atomic E-state index is 11.3. The molecule has 0 saturated heterocycles. The van der Waals surface area contributed by atoms with Crippen LogP contribution >= 0.6 is 0 Å². The molecule has 126 valence electrons. The lowest BCUT2D eigenvalue weighted by molar-refractivity contribution is -0.136. The third-order valence-electron chi connectivity index (χ3n) is 4.17. The molecule has 3 aromatic rings. The molecule has 0 aliphatic carbocycles. The summed E-state index contributed by atoms with van der Waals surface area (Å²) >= 11 is 0. The zero-order valence-corrected chi connectivity index (χ0v) is 13.6. The summed E-state index contributed by atoms with van der Waals surface area (Å²) in [6.45, 7) is 2.04. The second kappa shape index (κ2) is 5.98. The summed E-state index contributed by atoms with van der Waals surface area (Å²) in [4.78, 5) is 15.9. The molecule has 0 atom stereocenters. The molecule has 2 N–H and O–H groups in total.